The number of morpholine rings is 4. The van der Waals surface area contributed by atoms with Crippen molar-refractivity contribution in [3.8, 4) is 46.0 Å². The lowest BCUT2D eigenvalue weighted by molar-refractivity contribution is -0.100. The van der Waals surface area contributed by atoms with Gasteiger partial charge in [0.25, 0.3) is 23.7 Å². The monoisotopic (exact) mass is 1890 g/mol. The second-order valence-electron chi connectivity index (χ2n) is 31.6. The largest absolute Gasteiger partial charge is 0.447 e. The van der Waals surface area contributed by atoms with Crippen LogP contribution in [0.3, 0.4) is 0 Å². The summed E-state index contributed by atoms with van der Waals surface area (Å²) in [5.74, 6) is -3.15. The molecule has 696 valence electrons. The Hall–Kier alpha value is -9.80. The van der Waals surface area contributed by atoms with Crippen LogP contribution in [0.15, 0.2) is 374 Å². The van der Waals surface area contributed by atoms with Crippen LogP contribution in [-0.4, -0.2) is 202 Å². The standard InChI is InChI=1S/4C18H13OS.4C8H15F2NO2/c4*1-2-8-14(9-3-1)20-17-12-6-4-10-15(17)19-16-11-5-7-13-18(16)20;4*1-8(9,10)6-13-7-11-2-4-12-5-3-11/h4*1-13H;4*2-7H2,1H3/q4*+1;;;;. The van der Waals surface area contributed by atoms with Crippen molar-refractivity contribution in [2.24, 2.45) is 0 Å². The van der Waals surface area contributed by atoms with Crippen LogP contribution in [0.25, 0.3) is 0 Å². The molecular formula is C104H112F8N4O12S4+4. The maximum absolute atomic E-state index is 12.3. The van der Waals surface area contributed by atoms with Gasteiger partial charge in [0.05, 0.1) is 79.8 Å². The summed E-state index contributed by atoms with van der Waals surface area (Å²) in [6, 6.07) is 109. The molecule has 0 radical (unpaired) electrons. The molecule has 0 saturated carbocycles. The molecule has 0 N–H and O–H groups in total. The van der Waals surface area contributed by atoms with Crippen molar-refractivity contribution in [1.82, 2.24) is 19.6 Å². The highest BCUT2D eigenvalue weighted by molar-refractivity contribution is 7.98. The van der Waals surface area contributed by atoms with E-state index in [1.165, 1.54) is 58.7 Å². The van der Waals surface area contributed by atoms with Gasteiger partial charge in [0.15, 0.2) is 65.6 Å². The van der Waals surface area contributed by atoms with Crippen molar-refractivity contribution in [3.05, 3.63) is 315 Å². The first-order valence-electron chi connectivity index (χ1n) is 43.7. The molecule has 16 nitrogen and oxygen atoms in total. The Bertz CT molecular complexity index is 4580. The highest BCUT2D eigenvalue weighted by Crippen LogP contribution is 2.51. The molecule has 8 heterocycles. The van der Waals surface area contributed by atoms with Gasteiger partial charge in [-0.1, -0.05) is 170 Å². The first-order chi connectivity index (χ1) is 64.0. The topological polar surface area (TPSA) is 124 Å². The molecule has 0 amide bonds. The van der Waals surface area contributed by atoms with E-state index in [0.29, 0.717) is 52.9 Å². The van der Waals surface area contributed by atoms with Crippen molar-refractivity contribution >= 4 is 43.6 Å². The minimum absolute atomic E-state index is 0.0829. The predicted molar refractivity (Wildman–Crippen MR) is 502 cm³/mol. The van der Waals surface area contributed by atoms with E-state index in [1.807, 2.05) is 117 Å². The molecule has 0 atom stereocenters. The third kappa shape index (κ3) is 31.1. The average Bonchev–Trinajstić information content (AvgIpc) is 0.779. The number of rotatable bonds is 20. The normalized spacial score (nSPS) is 16.1. The molecule has 8 aliphatic heterocycles. The summed E-state index contributed by atoms with van der Waals surface area (Å²) in [7, 11) is -0.332. The minimum atomic E-state index is -2.73. The molecule has 20 rings (SSSR count). The van der Waals surface area contributed by atoms with E-state index in [-0.39, 0.29) is 70.5 Å². The summed E-state index contributed by atoms with van der Waals surface area (Å²) in [4.78, 5) is 23.2. The molecule has 0 aromatic heterocycles. The van der Waals surface area contributed by atoms with Crippen molar-refractivity contribution < 1.29 is 92.0 Å². The van der Waals surface area contributed by atoms with Crippen LogP contribution in [0.2, 0.25) is 0 Å². The maximum Gasteiger partial charge on any atom is 0.268 e. The van der Waals surface area contributed by atoms with Gasteiger partial charge in [-0.25, -0.2) is 35.1 Å². The van der Waals surface area contributed by atoms with E-state index in [4.69, 9.17) is 56.8 Å². The smallest absolute Gasteiger partial charge is 0.268 e. The van der Waals surface area contributed by atoms with E-state index in [1.54, 1.807) is 0 Å². The molecule has 12 aromatic carbocycles. The van der Waals surface area contributed by atoms with Gasteiger partial charge in [-0.3, -0.25) is 19.6 Å². The SMILES string of the molecule is CC(F)(F)COCN1CCOCC1.CC(F)(F)COCN1CCOCC1.CC(F)(F)COCN1CCOCC1.CC(F)(F)COCN1CCOCC1.c1ccc([S+]2c3ccccc3Oc3ccccc32)cc1.c1ccc([S+]2c3ccccc3Oc3ccccc32)cc1.c1ccc([S+]2c3ccccc3Oc3ccccc32)cc1.c1ccc([S+]2c3ccccc3Oc3ccccc32)cc1. The first kappa shape index (κ1) is 99.7. The number of alkyl halides is 8. The molecule has 8 aliphatic rings. The van der Waals surface area contributed by atoms with Crippen molar-refractivity contribution in [1.29, 1.82) is 0 Å². The summed E-state index contributed by atoms with van der Waals surface area (Å²) in [6.07, 6.45) is 0. The fourth-order valence-corrected chi connectivity index (χ4v) is 23.1. The van der Waals surface area contributed by atoms with Crippen LogP contribution in [0.4, 0.5) is 35.1 Å². The lowest BCUT2D eigenvalue weighted by Crippen LogP contribution is -2.38. The van der Waals surface area contributed by atoms with Gasteiger partial charge in [0.2, 0.25) is 39.2 Å². The van der Waals surface area contributed by atoms with Crippen molar-refractivity contribution in [2.75, 3.05) is 159 Å². The third-order valence-electron chi connectivity index (χ3n) is 20.3. The highest BCUT2D eigenvalue weighted by Gasteiger charge is 2.43. The van der Waals surface area contributed by atoms with E-state index >= 15 is 0 Å². The molecule has 0 bridgehead atoms. The van der Waals surface area contributed by atoms with Gasteiger partial charge in [-0.15, -0.1) is 0 Å². The Labute approximate surface area is 780 Å². The number of halogens is 8. The van der Waals surface area contributed by atoms with Crippen LogP contribution >= 0.6 is 0 Å². The predicted octanol–water partition coefficient (Wildman–Crippen LogP) is 23.3. The molecule has 12 aromatic rings. The summed E-state index contributed by atoms with van der Waals surface area (Å²) in [5.41, 5.74) is 0. The van der Waals surface area contributed by atoms with Crippen LogP contribution in [0.1, 0.15) is 27.7 Å². The van der Waals surface area contributed by atoms with Gasteiger partial charge in [-0.2, -0.15) is 0 Å². The summed E-state index contributed by atoms with van der Waals surface area (Å²) >= 11 is 0. The number of para-hydroxylation sites is 8. The Balaban J connectivity index is 0.000000129. The summed E-state index contributed by atoms with van der Waals surface area (Å²) < 4.78 is 162. The van der Waals surface area contributed by atoms with E-state index in [9.17, 15) is 35.1 Å². The third-order valence-corrected chi connectivity index (χ3v) is 29.5. The van der Waals surface area contributed by atoms with Crippen molar-refractivity contribution in [2.45, 2.75) is 110 Å². The Morgan fingerprint density at radius 3 is 0.492 bits per heavy atom. The molecule has 0 spiro atoms. The second-order valence-corrected chi connectivity index (χ2v) is 39.4. The first-order valence-corrected chi connectivity index (χ1v) is 48.6. The summed E-state index contributed by atoms with van der Waals surface area (Å²) in [6.45, 7) is 13.8. The molecule has 28 heteroatoms. The fraction of sp³-hybridized carbons (Fsp3) is 0.308. The van der Waals surface area contributed by atoms with Gasteiger partial charge < -0.3 is 56.8 Å². The Kier molecular flexibility index (Phi) is 38.1. The highest BCUT2D eigenvalue weighted by atomic mass is 32.2. The van der Waals surface area contributed by atoms with Gasteiger partial charge in [0, 0.05) is 80.1 Å². The zero-order valence-electron chi connectivity index (χ0n) is 74.3. The van der Waals surface area contributed by atoms with Crippen LogP contribution < -0.4 is 18.9 Å². The van der Waals surface area contributed by atoms with Crippen LogP contribution in [0, 0.1) is 0 Å². The zero-order chi connectivity index (χ0) is 92.4. The van der Waals surface area contributed by atoms with Gasteiger partial charge in [-0.05, 0) is 146 Å². The molecule has 132 heavy (non-hydrogen) atoms. The maximum atomic E-state index is 12.3. The van der Waals surface area contributed by atoms with Crippen LogP contribution in [0.5, 0.6) is 46.0 Å². The molecular weight excluding hydrogens is 1780 g/mol. The average molecular weight is 1890 g/mol. The number of nitrogens with zero attached hydrogens (tertiary/aromatic N) is 4. The van der Waals surface area contributed by atoms with E-state index in [2.05, 4.69) is 218 Å². The van der Waals surface area contributed by atoms with E-state index < -0.39 is 50.1 Å². The second kappa shape index (κ2) is 50.5. The molecule has 4 saturated heterocycles. The zero-order valence-corrected chi connectivity index (χ0v) is 77.6. The number of benzene rings is 12. The van der Waals surface area contributed by atoms with Crippen molar-refractivity contribution in [3.63, 3.8) is 0 Å². The number of hydrogen-bond donors (Lipinski definition) is 0. The quantitative estimate of drug-likeness (QED) is 0.0530. The number of ether oxygens (including phenoxy) is 12. The van der Waals surface area contributed by atoms with Crippen LogP contribution in [-0.2, 0) is 81.5 Å². The summed E-state index contributed by atoms with van der Waals surface area (Å²) in [5, 5.41) is 0. The number of fused-ring (bicyclic) bond motifs is 8. The van der Waals surface area contributed by atoms with E-state index in [0.717, 1.165) is 126 Å². The lowest BCUT2D eigenvalue weighted by Gasteiger charge is -2.26. The van der Waals surface area contributed by atoms with Gasteiger partial charge >= 0.3 is 0 Å². The molecule has 4 fully saturated rings. The Morgan fingerprint density at radius 2 is 0.348 bits per heavy atom. The molecule has 0 aliphatic carbocycles. The minimum Gasteiger partial charge on any atom is -0.447 e. The van der Waals surface area contributed by atoms with Gasteiger partial charge in [0.1, 0.15) is 70.0 Å². The Morgan fingerprint density at radius 1 is 0.212 bits per heavy atom. The molecule has 0 unspecified atom stereocenters. The number of hydrogen-bond acceptors (Lipinski definition) is 16. The lowest BCUT2D eigenvalue weighted by atomic mass is 10.3. The fourth-order valence-electron chi connectivity index (χ4n) is 14.2.